The third-order valence-corrected chi connectivity index (χ3v) is 4.82. The standard InChI is InChI=1S/C21H24N2O3.ClH/c1-16(20(24)22-15-9-14-19(22)21(25)26-2)23(17-10-5-3-6-11-17)18-12-7-4-8-13-18;/h3-8,10-13,16,19H,9,14-15H2,1-2H3;1H/t16-,19+;/m1./s1. The van der Waals surface area contributed by atoms with Crippen LogP contribution in [0.5, 0.6) is 0 Å². The zero-order valence-corrected chi connectivity index (χ0v) is 16.4. The van der Waals surface area contributed by atoms with E-state index in [1.165, 1.54) is 7.11 Å². The highest BCUT2D eigenvalue weighted by Gasteiger charge is 2.38. The van der Waals surface area contributed by atoms with Crippen LogP contribution in [0, 0.1) is 0 Å². The highest BCUT2D eigenvalue weighted by atomic mass is 35.5. The van der Waals surface area contributed by atoms with Crippen molar-refractivity contribution < 1.29 is 14.3 Å². The van der Waals surface area contributed by atoms with Crippen LogP contribution in [0.3, 0.4) is 0 Å². The average molecular weight is 389 g/mol. The van der Waals surface area contributed by atoms with Crippen molar-refractivity contribution >= 4 is 35.7 Å². The zero-order valence-electron chi connectivity index (χ0n) is 15.6. The van der Waals surface area contributed by atoms with Crippen molar-refractivity contribution in [2.24, 2.45) is 0 Å². The highest BCUT2D eigenvalue weighted by molar-refractivity contribution is 5.91. The van der Waals surface area contributed by atoms with Crippen LogP contribution < -0.4 is 4.90 Å². The molecule has 0 aliphatic carbocycles. The minimum atomic E-state index is -0.483. The smallest absolute Gasteiger partial charge is 0.328 e. The van der Waals surface area contributed by atoms with Crippen molar-refractivity contribution in [1.29, 1.82) is 0 Å². The lowest BCUT2D eigenvalue weighted by Gasteiger charge is -2.34. The second-order valence-corrected chi connectivity index (χ2v) is 6.43. The summed E-state index contributed by atoms with van der Waals surface area (Å²) in [6, 6.07) is 18.7. The lowest BCUT2D eigenvalue weighted by Crippen LogP contribution is -2.49. The third-order valence-electron chi connectivity index (χ3n) is 4.82. The highest BCUT2D eigenvalue weighted by Crippen LogP contribution is 2.29. The van der Waals surface area contributed by atoms with Crippen molar-refractivity contribution in [3.8, 4) is 0 Å². The molecule has 1 heterocycles. The molecule has 1 saturated heterocycles. The Kier molecular flexibility index (Phi) is 7.25. The van der Waals surface area contributed by atoms with Gasteiger partial charge in [0, 0.05) is 17.9 Å². The van der Waals surface area contributed by atoms with Crippen LogP contribution in [-0.4, -0.2) is 42.5 Å². The number of methoxy groups -OCH3 is 1. The van der Waals surface area contributed by atoms with Gasteiger partial charge in [-0.15, -0.1) is 12.4 Å². The Bertz CT molecular complexity index is 715. The Labute approximate surface area is 166 Å². The van der Waals surface area contributed by atoms with E-state index in [4.69, 9.17) is 4.74 Å². The molecule has 0 unspecified atom stereocenters. The number of carbonyl (C=O) groups excluding carboxylic acids is 2. The molecule has 0 saturated carbocycles. The maximum absolute atomic E-state index is 13.2. The molecule has 3 rings (SSSR count). The molecule has 0 spiro atoms. The molecule has 1 fully saturated rings. The summed E-state index contributed by atoms with van der Waals surface area (Å²) in [7, 11) is 1.37. The van der Waals surface area contributed by atoms with Gasteiger partial charge in [0.15, 0.2) is 0 Å². The number of benzene rings is 2. The Morgan fingerprint density at radius 3 is 2.04 bits per heavy atom. The van der Waals surface area contributed by atoms with E-state index in [0.717, 1.165) is 17.8 Å². The molecular weight excluding hydrogens is 364 g/mol. The van der Waals surface area contributed by atoms with Gasteiger partial charge in [-0.05, 0) is 44.0 Å². The molecule has 6 heteroatoms. The quantitative estimate of drug-likeness (QED) is 0.731. The molecule has 144 valence electrons. The Morgan fingerprint density at radius 2 is 1.56 bits per heavy atom. The van der Waals surface area contributed by atoms with E-state index in [1.54, 1.807) is 4.90 Å². The molecule has 1 aliphatic rings. The molecule has 1 aliphatic heterocycles. The third kappa shape index (κ3) is 4.42. The molecule has 0 bridgehead atoms. The van der Waals surface area contributed by atoms with Crippen LogP contribution in [0.15, 0.2) is 60.7 Å². The molecule has 2 aromatic carbocycles. The normalized spacial score (nSPS) is 17.0. The van der Waals surface area contributed by atoms with Crippen LogP contribution in [0.4, 0.5) is 11.4 Å². The topological polar surface area (TPSA) is 49.9 Å². The molecule has 0 radical (unpaired) electrons. The largest absolute Gasteiger partial charge is 0.467 e. The van der Waals surface area contributed by atoms with Gasteiger partial charge >= 0.3 is 5.97 Å². The summed E-state index contributed by atoms with van der Waals surface area (Å²) >= 11 is 0. The predicted molar refractivity (Wildman–Crippen MR) is 108 cm³/mol. The number of likely N-dealkylation sites (tertiary alicyclic amines) is 1. The van der Waals surface area contributed by atoms with E-state index < -0.39 is 12.1 Å². The second-order valence-electron chi connectivity index (χ2n) is 6.43. The van der Waals surface area contributed by atoms with Crippen LogP contribution in [-0.2, 0) is 14.3 Å². The number of halogens is 1. The van der Waals surface area contributed by atoms with E-state index in [-0.39, 0.29) is 24.3 Å². The van der Waals surface area contributed by atoms with Gasteiger partial charge in [0.25, 0.3) is 0 Å². The van der Waals surface area contributed by atoms with Crippen molar-refractivity contribution in [3.05, 3.63) is 60.7 Å². The van der Waals surface area contributed by atoms with Crippen LogP contribution in [0.2, 0.25) is 0 Å². The molecule has 0 aromatic heterocycles. The Balaban J connectivity index is 0.00000261. The average Bonchev–Trinajstić information content (AvgIpc) is 3.18. The van der Waals surface area contributed by atoms with Crippen LogP contribution in [0.1, 0.15) is 19.8 Å². The van der Waals surface area contributed by atoms with Gasteiger partial charge in [-0.1, -0.05) is 36.4 Å². The fraction of sp³-hybridized carbons (Fsp3) is 0.333. The number of hydrogen-bond donors (Lipinski definition) is 0. The zero-order chi connectivity index (χ0) is 18.5. The van der Waals surface area contributed by atoms with E-state index in [2.05, 4.69) is 0 Å². The first kappa shape index (κ1) is 20.8. The summed E-state index contributed by atoms with van der Waals surface area (Å²) in [6.07, 6.45) is 1.47. The first-order valence-corrected chi connectivity index (χ1v) is 8.91. The van der Waals surface area contributed by atoms with Gasteiger partial charge in [-0.3, -0.25) is 4.79 Å². The fourth-order valence-electron chi connectivity index (χ4n) is 3.54. The number of esters is 1. The number of hydrogen-bond acceptors (Lipinski definition) is 4. The number of ether oxygens (including phenoxy) is 1. The molecule has 1 amide bonds. The molecule has 0 N–H and O–H groups in total. The van der Waals surface area contributed by atoms with E-state index in [1.807, 2.05) is 72.5 Å². The van der Waals surface area contributed by atoms with Gasteiger partial charge in [-0.25, -0.2) is 4.79 Å². The summed E-state index contributed by atoms with van der Waals surface area (Å²) in [5.41, 5.74) is 1.88. The summed E-state index contributed by atoms with van der Waals surface area (Å²) in [4.78, 5) is 28.9. The van der Waals surface area contributed by atoms with Crippen molar-refractivity contribution in [2.45, 2.75) is 31.8 Å². The van der Waals surface area contributed by atoms with Gasteiger partial charge in [-0.2, -0.15) is 0 Å². The monoisotopic (exact) mass is 388 g/mol. The molecule has 2 atom stereocenters. The van der Waals surface area contributed by atoms with Crippen molar-refractivity contribution in [3.63, 3.8) is 0 Å². The van der Waals surface area contributed by atoms with E-state index in [0.29, 0.717) is 13.0 Å². The predicted octanol–water partition coefficient (Wildman–Crippen LogP) is 3.80. The Morgan fingerprint density at radius 1 is 1.04 bits per heavy atom. The molecule has 2 aromatic rings. The second kappa shape index (κ2) is 9.42. The van der Waals surface area contributed by atoms with Gasteiger partial charge in [0.1, 0.15) is 12.1 Å². The summed E-state index contributed by atoms with van der Waals surface area (Å²) in [6.45, 7) is 2.47. The number of amides is 1. The summed E-state index contributed by atoms with van der Waals surface area (Å²) in [5, 5.41) is 0. The maximum atomic E-state index is 13.2. The molecular formula is C21H25ClN2O3. The number of para-hydroxylation sites is 2. The van der Waals surface area contributed by atoms with Gasteiger partial charge < -0.3 is 14.5 Å². The Hall–Kier alpha value is -2.53. The van der Waals surface area contributed by atoms with Crippen molar-refractivity contribution in [1.82, 2.24) is 4.90 Å². The SMILES string of the molecule is COC(=O)[C@@H]1CCCN1C(=O)[C@@H](C)N(c1ccccc1)c1ccccc1.Cl. The summed E-state index contributed by atoms with van der Waals surface area (Å²) in [5.74, 6) is -0.403. The lowest BCUT2D eigenvalue weighted by molar-refractivity contribution is -0.151. The lowest BCUT2D eigenvalue weighted by atomic mass is 10.1. The molecule has 5 nitrogen and oxygen atoms in total. The summed E-state index contributed by atoms with van der Waals surface area (Å²) < 4.78 is 4.88. The minimum Gasteiger partial charge on any atom is -0.467 e. The van der Waals surface area contributed by atoms with Crippen molar-refractivity contribution in [2.75, 3.05) is 18.6 Å². The number of rotatable bonds is 5. The fourth-order valence-corrected chi connectivity index (χ4v) is 3.54. The maximum Gasteiger partial charge on any atom is 0.328 e. The van der Waals surface area contributed by atoms with Crippen LogP contribution in [0.25, 0.3) is 0 Å². The van der Waals surface area contributed by atoms with E-state index in [9.17, 15) is 9.59 Å². The first-order chi connectivity index (χ1) is 12.6. The molecule has 27 heavy (non-hydrogen) atoms. The number of anilines is 2. The number of carbonyl (C=O) groups is 2. The van der Waals surface area contributed by atoms with Gasteiger partial charge in [0.2, 0.25) is 5.91 Å². The first-order valence-electron chi connectivity index (χ1n) is 8.91. The van der Waals surface area contributed by atoms with Gasteiger partial charge in [0.05, 0.1) is 7.11 Å². The van der Waals surface area contributed by atoms with E-state index >= 15 is 0 Å². The van der Waals surface area contributed by atoms with Crippen LogP contribution >= 0.6 is 12.4 Å². The number of nitrogens with zero attached hydrogens (tertiary/aromatic N) is 2. The minimum absolute atomic E-state index is 0.